The number of aliphatic hydroxyl groups excluding tert-OH is 1. The molecule has 0 amide bonds. The third kappa shape index (κ3) is 44.5. The summed E-state index contributed by atoms with van der Waals surface area (Å²) in [7, 11) is 0. The Bertz CT molecular complexity index is 51.5. The van der Waals surface area contributed by atoms with Crippen LogP contribution in [-0.4, -0.2) is 24.4 Å². The molecule has 0 aliphatic carbocycles. The summed E-state index contributed by atoms with van der Waals surface area (Å²) in [5.74, 6) is 0. The van der Waals surface area contributed by atoms with Crippen molar-refractivity contribution in [1.29, 1.82) is 0 Å². The lowest BCUT2D eigenvalue weighted by atomic mass is 10.4. The van der Waals surface area contributed by atoms with Gasteiger partial charge in [-0.1, -0.05) is 0 Å². The highest BCUT2D eigenvalue weighted by Crippen LogP contribution is 1.79. The van der Waals surface area contributed by atoms with Gasteiger partial charge in [-0.15, -0.1) is 26.3 Å². The van der Waals surface area contributed by atoms with Crippen LogP contribution in [0.3, 0.4) is 0 Å². The van der Waals surface area contributed by atoms with Crippen molar-refractivity contribution in [2.24, 2.45) is 0 Å². The van der Waals surface area contributed by atoms with Crippen molar-refractivity contribution in [1.82, 2.24) is 0 Å². The van der Waals surface area contributed by atoms with E-state index in [-0.39, 0.29) is 6.10 Å². The lowest BCUT2D eigenvalue weighted by Crippen LogP contribution is -2.09. The van der Waals surface area contributed by atoms with Crippen molar-refractivity contribution in [2.45, 2.75) is 20.0 Å². The van der Waals surface area contributed by atoms with Crippen LogP contribution in [0, 0.1) is 0 Å². The maximum atomic E-state index is 8.56. The molecule has 0 aromatic carbocycles. The van der Waals surface area contributed by atoms with Gasteiger partial charge in [0.2, 0.25) is 0 Å². The molecule has 0 aliphatic rings. The highest BCUT2D eigenvalue weighted by molar-refractivity contribution is 4.38. The molecule has 68 valence electrons. The molecule has 1 atom stereocenters. The van der Waals surface area contributed by atoms with E-state index >= 15 is 0 Å². The van der Waals surface area contributed by atoms with Gasteiger partial charge in [0.05, 0.1) is 12.7 Å². The standard InChI is InChI=1S/C5H12O2.2C2H4/c1-3-7-4-5(2)6;2*1-2/h5-6H,3-4H2,1-2H3;2*1-2H2. The molecular weight excluding hydrogens is 140 g/mol. The van der Waals surface area contributed by atoms with E-state index in [4.69, 9.17) is 9.84 Å². The van der Waals surface area contributed by atoms with Crippen LogP contribution in [0.25, 0.3) is 0 Å². The summed E-state index contributed by atoms with van der Waals surface area (Å²) in [6, 6.07) is 0. The van der Waals surface area contributed by atoms with Gasteiger partial charge in [-0.3, -0.25) is 0 Å². The molecule has 2 heteroatoms. The average Bonchev–Trinajstić information content (AvgIpc) is 2.08. The number of rotatable bonds is 3. The average molecular weight is 160 g/mol. The fourth-order valence-corrected chi connectivity index (χ4v) is 0.288. The molecule has 1 N–H and O–H groups in total. The molecule has 0 aromatic heterocycles. The number of aliphatic hydroxyl groups is 1. The van der Waals surface area contributed by atoms with Crippen LogP contribution in [0.15, 0.2) is 26.3 Å². The Hall–Kier alpha value is -0.600. The Morgan fingerprint density at radius 1 is 1.27 bits per heavy atom. The first-order valence-electron chi connectivity index (χ1n) is 3.53. The molecule has 11 heavy (non-hydrogen) atoms. The lowest BCUT2D eigenvalue weighted by molar-refractivity contribution is 0.0527. The molecule has 0 rings (SSSR count). The zero-order chi connectivity index (χ0) is 9.70. The second kappa shape index (κ2) is 22.7. The summed E-state index contributed by atoms with van der Waals surface area (Å²) < 4.78 is 4.84. The smallest absolute Gasteiger partial charge is 0.0745 e. The van der Waals surface area contributed by atoms with Gasteiger partial charge in [-0.25, -0.2) is 0 Å². The van der Waals surface area contributed by atoms with Gasteiger partial charge in [0.25, 0.3) is 0 Å². The first-order chi connectivity index (χ1) is 5.27. The molecule has 0 aromatic rings. The Balaban J connectivity index is -0.000000138. The van der Waals surface area contributed by atoms with Crippen LogP contribution >= 0.6 is 0 Å². The molecule has 0 saturated carbocycles. The first kappa shape index (κ1) is 16.8. The van der Waals surface area contributed by atoms with Gasteiger partial charge in [0.15, 0.2) is 0 Å². The monoisotopic (exact) mass is 160 g/mol. The first-order valence-corrected chi connectivity index (χ1v) is 3.53. The molecule has 0 bridgehead atoms. The maximum Gasteiger partial charge on any atom is 0.0745 e. The number of ether oxygens (including phenoxy) is 1. The molecule has 0 fully saturated rings. The van der Waals surface area contributed by atoms with Gasteiger partial charge in [0.1, 0.15) is 0 Å². The largest absolute Gasteiger partial charge is 0.391 e. The van der Waals surface area contributed by atoms with Crippen molar-refractivity contribution >= 4 is 0 Å². The summed E-state index contributed by atoms with van der Waals surface area (Å²) >= 11 is 0. The summed E-state index contributed by atoms with van der Waals surface area (Å²) in [5.41, 5.74) is 0. The highest BCUT2D eigenvalue weighted by Gasteiger charge is 1.89. The SMILES string of the molecule is C=C.C=C.CCOCC(C)O. The van der Waals surface area contributed by atoms with Gasteiger partial charge >= 0.3 is 0 Å². The van der Waals surface area contributed by atoms with E-state index < -0.39 is 0 Å². The van der Waals surface area contributed by atoms with Crippen LogP contribution < -0.4 is 0 Å². The topological polar surface area (TPSA) is 29.5 Å². The predicted octanol–water partition coefficient (Wildman–Crippen LogP) is 2.01. The van der Waals surface area contributed by atoms with E-state index in [1.165, 1.54) is 0 Å². The zero-order valence-corrected chi connectivity index (χ0v) is 7.68. The fraction of sp³-hybridized carbons (Fsp3) is 0.556. The van der Waals surface area contributed by atoms with E-state index in [1.807, 2.05) is 6.92 Å². The van der Waals surface area contributed by atoms with Crippen molar-refractivity contribution < 1.29 is 9.84 Å². The molecule has 0 saturated heterocycles. The van der Waals surface area contributed by atoms with Crippen LogP contribution in [0.2, 0.25) is 0 Å². The zero-order valence-electron chi connectivity index (χ0n) is 7.68. The van der Waals surface area contributed by atoms with Crippen LogP contribution in [0.5, 0.6) is 0 Å². The van der Waals surface area contributed by atoms with E-state index in [0.29, 0.717) is 13.2 Å². The summed E-state index contributed by atoms with van der Waals surface area (Å²) in [6.45, 7) is 16.7. The summed E-state index contributed by atoms with van der Waals surface area (Å²) in [4.78, 5) is 0. The molecule has 0 heterocycles. The van der Waals surface area contributed by atoms with Crippen molar-refractivity contribution in [3.8, 4) is 0 Å². The molecule has 0 radical (unpaired) electrons. The Morgan fingerprint density at radius 2 is 1.64 bits per heavy atom. The lowest BCUT2D eigenvalue weighted by Gasteiger charge is -2.00. The minimum absolute atomic E-state index is 0.319. The van der Waals surface area contributed by atoms with Crippen molar-refractivity contribution in [3.05, 3.63) is 26.3 Å². The van der Waals surface area contributed by atoms with Gasteiger partial charge in [0, 0.05) is 6.61 Å². The molecule has 1 unspecified atom stereocenters. The second-order valence-electron chi connectivity index (χ2n) is 1.51. The van der Waals surface area contributed by atoms with Gasteiger partial charge in [-0.2, -0.15) is 0 Å². The van der Waals surface area contributed by atoms with Gasteiger partial charge in [-0.05, 0) is 13.8 Å². The molecule has 0 aliphatic heterocycles. The predicted molar refractivity (Wildman–Crippen MR) is 50.7 cm³/mol. The van der Waals surface area contributed by atoms with Gasteiger partial charge < -0.3 is 9.84 Å². The molecule has 0 spiro atoms. The normalized spacial score (nSPS) is 9.73. The number of hydrogen-bond donors (Lipinski definition) is 1. The van der Waals surface area contributed by atoms with Crippen LogP contribution in [0.4, 0.5) is 0 Å². The Morgan fingerprint density at radius 3 is 1.73 bits per heavy atom. The van der Waals surface area contributed by atoms with E-state index in [9.17, 15) is 0 Å². The van der Waals surface area contributed by atoms with Crippen LogP contribution in [0.1, 0.15) is 13.8 Å². The van der Waals surface area contributed by atoms with Crippen molar-refractivity contribution in [2.75, 3.05) is 13.2 Å². The number of hydrogen-bond acceptors (Lipinski definition) is 2. The Labute approximate surface area is 70.2 Å². The van der Waals surface area contributed by atoms with E-state index in [2.05, 4.69) is 26.3 Å². The van der Waals surface area contributed by atoms with E-state index in [0.717, 1.165) is 0 Å². The fourth-order valence-electron chi connectivity index (χ4n) is 0.288. The Kier molecular flexibility index (Phi) is 34.7. The summed E-state index contributed by atoms with van der Waals surface area (Å²) in [5, 5.41) is 8.56. The third-order valence-electron chi connectivity index (χ3n) is 0.563. The molecule has 2 nitrogen and oxygen atoms in total. The third-order valence-corrected chi connectivity index (χ3v) is 0.563. The highest BCUT2D eigenvalue weighted by atomic mass is 16.5. The second-order valence-corrected chi connectivity index (χ2v) is 1.51. The minimum atomic E-state index is -0.319. The van der Waals surface area contributed by atoms with Crippen LogP contribution in [-0.2, 0) is 4.74 Å². The quantitative estimate of drug-likeness (QED) is 0.640. The maximum absolute atomic E-state index is 8.56. The van der Waals surface area contributed by atoms with Crippen molar-refractivity contribution in [3.63, 3.8) is 0 Å². The summed E-state index contributed by atoms with van der Waals surface area (Å²) in [6.07, 6.45) is -0.319. The molecular formula is C9H20O2. The minimum Gasteiger partial charge on any atom is -0.391 e. The van der Waals surface area contributed by atoms with E-state index in [1.54, 1.807) is 6.92 Å².